The van der Waals surface area contributed by atoms with Crippen molar-refractivity contribution >= 4 is 11.8 Å². The fourth-order valence-electron chi connectivity index (χ4n) is 4.23. The van der Waals surface area contributed by atoms with Crippen LogP contribution in [0, 0.1) is 5.92 Å². The second kappa shape index (κ2) is 8.76. The third-order valence-corrected chi connectivity index (χ3v) is 6.04. The Bertz CT molecular complexity index is 765. The zero-order valence-electron chi connectivity index (χ0n) is 17.0. The summed E-state index contributed by atoms with van der Waals surface area (Å²) < 4.78 is 5.56. The number of nitrogens with one attached hydrogen (secondary N) is 1. The van der Waals surface area contributed by atoms with E-state index in [-0.39, 0.29) is 0 Å². The maximum absolute atomic E-state index is 5.56. The second-order valence-electron chi connectivity index (χ2n) is 8.17. The minimum absolute atomic E-state index is 0.456. The molecule has 0 amide bonds. The Morgan fingerprint density at radius 1 is 1.00 bits per heavy atom. The lowest BCUT2D eigenvalue weighted by molar-refractivity contribution is 0.359. The SMILES string of the molecule is COc1nc(N[C@H]2CC[C@H](C)CC2)ncc1-c1ccc(N2CCCCC2)nc1. The molecule has 1 N–H and O–H groups in total. The summed E-state index contributed by atoms with van der Waals surface area (Å²) in [5.41, 5.74) is 1.86. The van der Waals surface area contributed by atoms with Crippen LogP contribution in [0.3, 0.4) is 0 Å². The van der Waals surface area contributed by atoms with E-state index in [9.17, 15) is 0 Å². The summed E-state index contributed by atoms with van der Waals surface area (Å²) in [6, 6.07) is 4.64. The monoisotopic (exact) mass is 381 g/mol. The van der Waals surface area contributed by atoms with Gasteiger partial charge < -0.3 is 15.0 Å². The molecule has 0 aromatic carbocycles. The predicted molar refractivity (Wildman–Crippen MR) is 113 cm³/mol. The van der Waals surface area contributed by atoms with Crippen LogP contribution in [0.4, 0.5) is 11.8 Å². The summed E-state index contributed by atoms with van der Waals surface area (Å²) in [4.78, 5) is 16.2. The van der Waals surface area contributed by atoms with E-state index < -0.39 is 0 Å². The molecule has 150 valence electrons. The average molecular weight is 382 g/mol. The third kappa shape index (κ3) is 4.37. The summed E-state index contributed by atoms with van der Waals surface area (Å²) in [6.45, 7) is 4.52. The Morgan fingerprint density at radius 2 is 1.79 bits per heavy atom. The van der Waals surface area contributed by atoms with Crippen LogP contribution >= 0.6 is 0 Å². The van der Waals surface area contributed by atoms with Crippen molar-refractivity contribution < 1.29 is 4.74 Å². The largest absolute Gasteiger partial charge is 0.480 e. The van der Waals surface area contributed by atoms with Gasteiger partial charge in [-0.05, 0) is 63.0 Å². The van der Waals surface area contributed by atoms with Crippen molar-refractivity contribution in [2.75, 3.05) is 30.4 Å². The molecule has 0 radical (unpaired) electrons. The van der Waals surface area contributed by atoms with E-state index in [4.69, 9.17) is 4.74 Å². The number of aromatic nitrogens is 3. The molecule has 6 heteroatoms. The first kappa shape index (κ1) is 19.0. The van der Waals surface area contributed by atoms with Crippen molar-refractivity contribution in [3.63, 3.8) is 0 Å². The zero-order valence-corrected chi connectivity index (χ0v) is 17.0. The average Bonchev–Trinajstić information content (AvgIpc) is 2.76. The van der Waals surface area contributed by atoms with E-state index in [0.717, 1.165) is 36.0 Å². The minimum atomic E-state index is 0.456. The molecule has 1 aliphatic carbocycles. The van der Waals surface area contributed by atoms with E-state index >= 15 is 0 Å². The smallest absolute Gasteiger partial charge is 0.226 e. The minimum Gasteiger partial charge on any atom is -0.480 e. The van der Waals surface area contributed by atoms with E-state index in [0.29, 0.717) is 17.9 Å². The van der Waals surface area contributed by atoms with Crippen LogP contribution in [0.2, 0.25) is 0 Å². The lowest BCUT2D eigenvalue weighted by atomic mass is 9.87. The Kier molecular flexibility index (Phi) is 5.93. The van der Waals surface area contributed by atoms with Crippen molar-refractivity contribution in [2.24, 2.45) is 5.92 Å². The van der Waals surface area contributed by atoms with Gasteiger partial charge in [-0.25, -0.2) is 9.97 Å². The van der Waals surface area contributed by atoms with Crippen LogP contribution in [-0.4, -0.2) is 41.2 Å². The topological polar surface area (TPSA) is 63.2 Å². The van der Waals surface area contributed by atoms with Gasteiger partial charge in [-0.2, -0.15) is 4.98 Å². The van der Waals surface area contributed by atoms with Gasteiger partial charge in [0.15, 0.2) is 0 Å². The van der Waals surface area contributed by atoms with Gasteiger partial charge >= 0.3 is 0 Å². The van der Waals surface area contributed by atoms with Crippen LogP contribution < -0.4 is 15.0 Å². The highest BCUT2D eigenvalue weighted by Gasteiger charge is 2.20. The van der Waals surface area contributed by atoms with Gasteiger partial charge in [-0.1, -0.05) is 6.92 Å². The Hall–Kier alpha value is -2.37. The van der Waals surface area contributed by atoms with Gasteiger partial charge in [0.25, 0.3) is 0 Å². The molecule has 2 aromatic heterocycles. The summed E-state index contributed by atoms with van der Waals surface area (Å²) in [5.74, 6) is 3.12. The van der Waals surface area contributed by atoms with Crippen LogP contribution in [-0.2, 0) is 0 Å². The number of ether oxygens (including phenoxy) is 1. The molecule has 3 heterocycles. The number of rotatable bonds is 5. The van der Waals surface area contributed by atoms with Gasteiger partial charge in [0.2, 0.25) is 11.8 Å². The van der Waals surface area contributed by atoms with E-state index in [2.05, 4.69) is 44.2 Å². The van der Waals surface area contributed by atoms with Crippen molar-refractivity contribution in [2.45, 2.75) is 57.9 Å². The quantitative estimate of drug-likeness (QED) is 0.821. The molecule has 2 fully saturated rings. The Balaban J connectivity index is 1.48. The van der Waals surface area contributed by atoms with E-state index in [1.807, 2.05) is 12.4 Å². The maximum atomic E-state index is 5.56. The highest BCUT2D eigenvalue weighted by atomic mass is 16.5. The zero-order chi connectivity index (χ0) is 19.3. The van der Waals surface area contributed by atoms with Gasteiger partial charge in [-0.15, -0.1) is 0 Å². The summed E-state index contributed by atoms with van der Waals surface area (Å²) >= 11 is 0. The number of hydrogen-bond acceptors (Lipinski definition) is 6. The summed E-state index contributed by atoms with van der Waals surface area (Å²) in [6.07, 6.45) is 12.5. The molecule has 0 spiro atoms. The molecule has 0 atom stereocenters. The van der Waals surface area contributed by atoms with Crippen LogP contribution in [0.1, 0.15) is 51.9 Å². The first-order valence-electron chi connectivity index (χ1n) is 10.6. The lowest BCUT2D eigenvalue weighted by Gasteiger charge is -2.27. The molecular weight excluding hydrogens is 350 g/mol. The van der Waals surface area contributed by atoms with Crippen LogP contribution in [0.15, 0.2) is 24.5 Å². The lowest BCUT2D eigenvalue weighted by Crippen LogP contribution is -2.29. The predicted octanol–water partition coefficient (Wildman–Crippen LogP) is 4.53. The first-order chi connectivity index (χ1) is 13.7. The summed E-state index contributed by atoms with van der Waals surface area (Å²) in [7, 11) is 1.66. The van der Waals surface area contributed by atoms with Gasteiger partial charge in [0.05, 0.1) is 12.7 Å². The molecule has 28 heavy (non-hydrogen) atoms. The number of anilines is 2. The first-order valence-corrected chi connectivity index (χ1v) is 10.6. The fraction of sp³-hybridized carbons (Fsp3) is 0.591. The number of nitrogens with zero attached hydrogens (tertiary/aromatic N) is 4. The molecule has 2 aliphatic rings. The molecule has 0 unspecified atom stereocenters. The van der Waals surface area contributed by atoms with Crippen LogP contribution in [0.25, 0.3) is 11.1 Å². The highest BCUT2D eigenvalue weighted by Crippen LogP contribution is 2.30. The summed E-state index contributed by atoms with van der Waals surface area (Å²) in [5, 5.41) is 3.48. The Morgan fingerprint density at radius 3 is 2.46 bits per heavy atom. The van der Waals surface area contributed by atoms with Crippen LogP contribution in [0.5, 0.6) is 5.88 Å². The van der Waals surface area contributed by atoms with E-state index in [1.165, 1.54) is 44.9 Å². The Labute approximate surface area is 167 Å². The second-order valence-corrected chi connectivity index (χ2v) is 8.17. The molecule has 1 aliphatic heterocycles. The van der Waals surface area contributed by atoms with E-state index in [1.54, 1.807) is 7.11 Å². The molecule has 0 bridgehead atoms. The number of piperidine rings is 1. The third-order valence-electron chi connectivity index (χ3n) is 6.04. The standard InChI is InChI=1S/C22H31N5O/c1-16-6-9-18(10-7-16)25-22-24-15-19(21(26-22)28-2)17-8-11-20(23-14-17)27-12-4-3-5-13-27/h8,11,14-16,18H,3-7,9-10,12-13H2,1-2H3,(H,24,25,26)/t16-,18-. The number of pyridine rings is 1. The van der Waals surface area contributed by atoms with Gasteiger partial charge in [-0.3, -0.25) is 0 Å². The van der Waals surface area contributed by atoms with Crippen molar-refractivity contribution in [3.8, 4) is 17.0 Å². The number of methoxy groups -OCH3 is 1. The highest BCUT2D eigenvalue weighted by molar-refractivity contribution is 5.68. The molecular formula is C22H31N5O. The molecule has 6 nitrogen and oxygen atoms in total. The molecule has 4 rings (SSSR count). The molecule has 1 saturated carbocycles. The van der Waals surface area contributed by atoms with Crippen molar-refractivity contribution in [3.05, 3.63) is 24.5 Å². The maximum Gasteiger partial charge on any atom is 0.226 e. The normalized spacial score (nSPS) is 22.7. The fourth-order valence-corrected chi connectivity index (χ4v) is 4.23. The van der Waals surface area contributed by atoms with Crippen molar-refractivity contribution in [1.29, 1.82) is 0 Å². The number of hydrogen-bond donors (Lipinski definition) is 1. The molecule has 2 aromatic rings. The van der Waals surface area contributed by atoms with Crippen molar-refractivity contribution in [1.82, 2.24) is 15.0 Å². The molecule has 1 saturated heterocycles. The van der Waals surface area contributed by atoms with Gasteiger partial charge in [0, 0.05) is 37.1 Å². The van der Waals surface area contributed by atoms with Gasteiger partial charge in [0.1, 0.15) is 5.82 Å².